The number of esters is 1. The molecule has 0 amide bonds. The molecule has 4 heteroatoms. The summed E-state index contributed by atoms with van der Waals surface area (Å²) in [5.74, 6) is 0.656. The lowest BCUT2D eigenvalue weighted by molar-refractivity contribution is -0.191. The van der Waals surface area contributed by atoms with Crippen molar-refractivity contribution in [2.75, 3.05) is 0 Å². The lowest BCUT2D eigenvalue weighted by Gasteiger charge is -2.24. The van der Waals surface area contributed by atoms with Crippen LogP contribution in [0.4, 0.5) is 0 Å². The third kappa shape index (κ3) is 2.99. The summed E-state index contributed by atoms with van der Waals surface area (Å²) in [5, 5.41) is 0. The summed E-state index contributed by atoms with van der Waals surface area (Å²) in [5.41, 5.74) is 2.26. The Morgan fingerprint density at radius 1 is 0.950 bits per heavy atom. The predicted octanol–water partition coefficient (Wildman–Crippen LogP) is 2.54. The third-order valence-corrected chi connectivity index (χ3v) is 3.09. The standard InChI is InChI=1S/C15H12O2.CO2/c16-15-10-13(11-6-2-1-3-7-11)12-8-4-5-9-14(12)17-15;2-1-3/h1-9,13H,10H2;. The summed E-state index contributed by atoms with van der Waals surface area (Å²) in [4.78, 5) is 27.8. The van der Waals surface area contributed by atoms with Gasteiger partial charge in [0, 0.05) is 11.5 Å². The van der Waals surface area contributed by atoms with Gasteiger partial charge in [-0.05, 0) is 11.6 Å². The molecule has 0 saturated carbocycles. The topological polar surface area (TPSA) is 60.4 Å². The Bertz CT molecular complexity index is 628. The van der Waals surface area contributed by atoms with Crippen molar-refractivity contribution in [3.8, 4) is 5.75 Å². The zero-order valence-corrected chi connectivity index (χ0v) is 10.6. The molecule has 0 spiro atoms. The largest absolute Gasteiger partial charge is 0.426 e. The van der Waals surface area contributed by atoms with Gasteiger partial charge in [0.25, 0.3) is 0 Å². The van der Waals surface area contributed by atoms with E-state index in [1.54, 1.807) is 0 Å². The van der Waals surface area contributed by atoms with E-state index in [-0.39, 0.29) is 18.0 Å². The number of hydrogen-bond donors (Lipinski definition) is 0. The number of carbonyl (C=O) groups is 1. The fraction of sp³-hybridized carbons (Fsp3) is 0.125. The number of carbonyl (C=O) groups excluding carboxylic acids is 3. The van der Waals surface area contributed by atoms with Crippen molar-refractivity contribution in [1.29, 1.82) is 0 Å². The highest BCUT2D eigenvalue weighted by Crippen LogP contribution is 2.38. The molecule has 0 bridgehead atoms. The Kier molecular flexibility index (Phi) is 4.43. The molecule has 0 saturated heterocycles. The fourth-order valence-electron chi connectivity index (χ4n) is 2.29. The lowest BCUT2D eigenvalue weighted by atomic mass is 9.86. The minimum Gasteiger partial charge on any atom is -0.426 e. The van der Waals surface area contributed by atoms with Crippen LogP contribution >= 0.6 is 0 Å². The molecule has 0 fully saturated rings. The minimum atomic E-state index is -0.155. The van der Waals surface area contributed by atoms with Gasteiger partial charge in [-0.15, -0.1) is 0 Å². The van der Waals surface area contributed by atoms with Crippen molar-refractivity contribution in [1.82, 2.24) is 0 Å². The first-order valence-electron chi connectivity index (χ1n) is 6.10. The van der Waals surface area contributed by atoms with Crippen molar-refractivity contribution < 1.29 is 19.1 Å². The maximum Gasteiger partial charge on any atom is 0.373 e. The van der Waals surface area contributed by atoms with Crippen molar-refractivity contribution in [2.45, 2.75) is 12.3 Å². The van der Waals surface area contributed by atoms with Crippen molar-refractivity contribution in [3.05, 3.63) is 65.7 Å². The summed E-state index contributed by atoms with van der Waals surface area (Å²) in [6.45, 7) is 0. The van der Waals surface area contributed by atoms with Gasteiger partial charge in [0.1, 0.15) is 5.75 Å². The second kappa shape index (κ2) is 6.45. The molecule has 3 rings (SSSR count). The molecule has 1 aliphatic rings. The molecule has 1 heterocycles. The Balaban J connectivity index is 0.000000452. The zero-order valence-electron chi connectivity index (χ0n) is 10.6. The van der Waals surface area contributed by atoms with E-state index in [9.17, 15) is 4.79 Å². The number of benzene rings is 2. The van der Waals surface area contributed by atoms with Crippen LogP contribution in [0.2, 0.25) is 0 Å². The molecule has 0 aliphatic carbocycles. The van der Waals surface area contributed by atoms with Crippen molar-refractivity contribution in [3.63, 3.8) is 0 Å². The average molecular weight is 268 g/mol. The van der Waals surface area contributed by atoms with Gasteiger partial charge in [-0.1, -0.05) is 48.5 Å². The van der Waals surface area contributed by atoms with Crippen LogP contribution in [-0.2, 0) is 14.4 Å². The lowest BCUT2D eigenvalue weighted by Crippen LogP contribution is -2.20. The minimum absolute atomic E-state index is 0.119. The SMILES string of the molecule is O=C1CC(c2ccccc2)c2ccccc2O1.O=C=O. The van der Waals surface area contributed by atoms with Crippen LogP contribution in [0, 0.1) is 0 Å². The molecule has 20 heavy (non-hydrogen) atoms. The Labute approximate surface area is 116 Å². The third-order valence-electron chi connectivity index (χ3n) is 3.09. The van der Waals surface area contributed by atoms with Gasteiger partial charge in [0.15, 0.2) is 0 Å². The normalized spacial score (nSPS) is 16.0. The molecule has 0 N–H and O–H groups in total. The van der Waals surface area contributed by atoms with Gasteiger partial charge >= 0.3 is 12.1 Å². The molecule has 2 aromatic rings. The Morgan fingerprint density at radius 2 is 1.55 bits per heavy atom. The van der Waals surface area contributed by atoms with Crippen LogP contribution in [0.1, 0.15) is 23.5 Å². The molecular formula is C16H12O4. The molecule has 4 nitrogen and oxygen atoms in total. The van der Waals surface area contributed by atoms with Gasteiger partial charge in [-0.2, -0.15) is 9.59 Å². The first-order chi connectivity index (χ1) is 9.76. The molecule has 1 unspecified atom stereocenters. The number of hydrogen-bond acceptors (Lipinski definition) is 4. The van der Waals surface area contributed by atoms with Gasteiger partial charge in [0.05, 0.1) is 6.42 Å². The summed E-state index contributed by atoms with van der Waals surface area (Å²) in [6, 6.07) is 17.8. The second-order valence-corrected chi connectivity index (χ2v) is 4.26. The van der Waals surface area contributed by atoms with E-state index < -0.39 is 0 Å². The van der Waals surface area contributed by atoms with Crippen LogP contribution in [0.3, 0.4) is 0 Å². The summed E-state index contributed by atoms with van der Waals surface area (Å²) in [6.07, 6.45) is 0.668. The fourth-order valence-corrected chi connectivity index (χ4v) is 2.29. The maximum absolute atomic E-state index is 11.6. The molecule has 2 aromatic carbocycles. The quantitative estimate of drug-likeness (QED) is 0.589. The van der Waals surface area contributed by atoms with Crippen molar-refractivity contribution in [2.24, 2.45) is 0 Å². The number of para-hydroxylation sites is 1. The van der Waals surface area contributed by atoms with Gasteiger partial charge in [-0.25, -0.2) is 0 Å². The van der Waals surface area contributed by atoms with Crippen LogP contribution < -0.4 is 4.74 Å². The maximum atomic E-state index is 11.6. The van der Waals surface area contributed by atoms with E-state index >= 15 is 0 Å². The Hall–Kier alpha value is -2.71. The van der Waals surface area contributed by atoms with E-state index in [2.05, 4.69) is 12.1 Å². The monoisotopic (exact) mass is 268 g/mol. The van der Waals surface area contributed by atoms with Crippen LogP contribution in [0.5, 0.6) is 5.75 Å². The molecule has 1 atom stereocenters. The molecule has 1 aliphatic heterocycles. The van der Waals surface area contributed by atoms with E-state index in [1.165, 1.54) is 0 Å². The zero-order chi connectivity index (χ0) is 14.4. The first-order valence-corrected chi connectivity index (χ1v) is 6.10. The predicted molar refractivity (Wildman–Crippen MR) is 70.0 cm³/mol. The van der Waals surface area contributed by atoms with Crippen LogP contribution in [0.25, 0.3) is 0 Å². The van der Waals surface area contributed by atoms with Gasteiger partial charge in [0.2, 0.25) is 0 Å². The summed E-state index contributed by atoms with van der Waals surface area (Å²) in [7, 11) is 0. The molecule has 100 valence electrons. The van der Waals surface area contributed by atoms with E-state index in [4.69, 9.17) is 14.3 Å². The highest BCUT2D eigenvalue weighted by molar-refractivity contribution is 5.77. The van der Waals surface area contributed by atoms with Crippen LogP contribution in [-0.4, -0.2) is 12.1 Å². The second-order valence-electron chi connectivity index (χ2n) is 4.26. The first kappa shape index (κ1) is 13.7. The summed E-state index contributed by atoms with van der Waals surface area (Å²) < 4.78 is 5.24. The van der Waals surface area contributed by atoms with E-state index in [0.29, 0.717) is 12.2 Å². The van der Waals surface area contributed by atoms with Gasteiger partial charge < -0.3 is 4.74 Å². The average Bonchev–Trinajstić information content (AvgIpc) is 2.48. The number of fused-ring (bicyclic) bond motifs is 1. The highest BCUT2D eigenvalue weighted by Gasteiger charge is 2.27. The van der Waals surface area contributed by atoms with E-state index in [0.717, 1.165) is 11.1 Å². The smallest absolute Gasteiger partial charge is 0.373 e. The molecular weight excluding hydrogens is 256 g/mol. The number of ether oxygens (including phenoxy) is 1. The molecule has 0 radical (unpaired) electrons. The Morgan fingerprint density at radius 3 is 2.25 bits per heavy atom. The van der Waals surface area contributed by atoms with Gasteiger partial charge in [-0.3, -0.25) is 4.79 Å². The number of rotatable bonds is 1. The summed E-state index contributed by atoms with van der Waals surface area (Å²) >= 11 is 0. The van der Waals surface area contributed by atoms with Crippen molar-refractivity contribution >= 4 is 12.1 Å². The van der Waals surface area contributed by atoms with E-state index in [1.807, 2.05) is 42.5 Å². The molecule has 0 aromatic heterocycles. The highest BCUT2D eigenvalue weighted by atomic mass is 16.5. The van der Waals surface area contributed by atoms with Crippen LogP contribution in [0.15, 0.2) is 54.6 Å².